The van der Waals surface area contributed by atoms with Gasteiger partial charge in [-0.1, -0.05) is 26.8 Å². The molecule has 0 spiro atoms. The number of aliphatic hydroxyl groups is 1. The molecule has 0 aliphatic heterocycles. The number of aliphatic hydroxyl groups excluding tert-OH is 1. The number of benzene rings is 2. The fourth-order valence-corrected chi connectivity index (χ4v) is 3.58. The van der Waals surface area contributed by atoms with E-state index < -0.39 is 52.4 Å². The summed E-state index contributed by atoms with van der Waals surface area (Å²) in [6, 6.07) is 4.83. The molecule has 0 aliphatic carbocycles. The van der Waals surface area contributed by atoms with E-state index in [1.165, 1.54) is 10.6 Å². The van der Waals surface area contributed by atoms with Crippen LogP contribution in [0.1, 0.15) is 42.7 Å². The minimum atomic E-state index is -1.47. The molecule has 0 bridgehead atoms. The molecule has 9 heteroatoms. The lowest BCUT2D eigenvalue weighted by atomic mass is 9.86. The molecule has 0 saturated carbocycles. The quantitative estimate of drug-likeness (QED) is 0.523. The van der Waals surface area contributed by atoms with Crippen molar-refractivity contribution in [1.82, 2.24) is 4.57 Å². The molecule has 3 rings (SSSR count). The number of carboxylic acids is 1. The lowest BCUT2D eigenvalue weighted by Gasteiger charge is -2.33. The van der Waals surface area contributed by atoms with Crippen LogP contribution in [0.2, 0.25) is 0 Å². The van der Waals surface area contributed by atoms with Gasteiger partial charge in [-0.25, -0.2) is 18.0 Å². The maximum atomic E-state index is 14.9. The number of aromatic carboxylic acids is 1. The molecule has 0 aliphatic rings. The van der Waals surface area contributed by atoms with Gasteiger partial charge in [-0.2, -0.15) is 0 Å². The van der Waals surface area contributed by atoms with Crippen LogP contribution in [0.5, 0.6) is 0 Å². The summed E-state index contributed by atoms with van der Waals surface area (Å²) in [6.07, 6.45) is 1.10. The Bertz CT molecular complexity index is 1230. The molecule has 2 aromatic carbocycles. The molecule has 170 valence electrons. The van der Waals surface area contributed by atoms with Gasteiger partial charge in [0.2, 0.25) is 5.43 Å². The van der Waals surface area contributed by atoms with Crippen molar-refractivity contribution in [2.75, 3.05) is 11.9 Å². The van der Waals surface area contributed by atoms with Crippen LogP contribution in [0.15, 0.2) is 41.3 Å². The topological polar surface area (TPSA) is 91.6 Å². The summed E-state index contributed by atoms with van der Waals surface area (Å²) in [5.74, 6) is -3.91. The van der Waals surface area contributed by atoms with Crippen molar-refractivity contribution < 1.29 is 28.2 Å². The lowest BCUT2D eigenvalue weighted by Crippen LogP contribution is -2.30. The summed E-state index contributed by atoms with van der Waals surface area (Å²) < 4.78 is 44.1. The van der Waals surface area contributed by atoms with Gasteiger partial charge in [-0.05, 0) is 23.6 Å². The highest BCUT2D eigenvalue weighted by Gasteiger charge is 2.28. The lowest BCUT2D eigenvalue weighted by molar-refractivity contribution is 0.0692. The smallest absolute Gasteiger partial charge is 0.341 e. The van der Waals surface area contributed by atoms with Gasteiger partial charge in [0.15, 0.2) is 0 Å². The molecular formula is C23H23F3N2O4. The number of hydrogen-bond acceptors (Lipinski definition) is 4. The van der Waals surface area contributed by atoms with E-state index in [1.807, 2.05) is 20.8 Å². The Balaban J connectivity index is 2.19. The van der Waals surface area contributed by atoms with Crippen LogP contribution in [0.4, 0.5) is 18.9 Å². The number of nitrogens with zero attached hydrogens (tertiary/aromatic N) is 1. The third-order valence-electron chi connectivity index (χ3n) is 5.38. The van der Waals surface area contributed by atoms with Gasteiger partial charge in [0.25, 0.3) is 0 Å². The highest BCUT2D eigenvalue weighted by atomic mass is 19.1. The van der Waals surface area contributed by atoms with Crippen molar-refractivity contribution in [3.8, 4) is 0 Å². The molecule has 1 aromatic heterocycles. The average Bonchev–Trinajstić information content (AvgIpc) is 2.69. The van der Waals surface area contributed by atoms with Gasteiger partial charge in [-0.15, -0.1) is 0 Å². The Morgan fingerprint density at radius 3 is 2.28 bits per heavy atom. The Morgan fingerprint density at radius 2 is 1.75 bits per heavy atom. The number of hydrogen-bond donors (Lipinski definition) is 3. The van der Waals surface area contributed by atoms with E-state index in [4.69, 9.17) is 0 Å². The van der Waals surface area contributed by atoms with E-state index in [1.54, 1.807) is 0 Å². The van der Waals surface area contributed by atoms with Crippen molar-refractivity contribution in [3.05, 3.63) is 75.3 Å². The van der Waals surface area contributed by atoms with E-state index in [0.29, 0.717) is 0 Å². The fraction of sp³-hybridized carbons (Fsp3) is 0.304. The number of carboxylic acid groups (broad SMARTS) is 1. The standard InChI is InChI=1S/C23H23F3N2O4/c1-23(2,3)20(11-29)28-10-14(22(31)32)21(30)12-7-18(17(26)8-19(12)28)27-9-13-15(24)5-4-6-16(13)25/h4-8,10,20,27,29H,9,11H2,1-3H3,(H,31,32)/t20-/m1/s1. The minimum Gasteiger partial charge on any atom is -0.477 e. The summed E-state index contributed by atoms with van der Waals surface area (Å²) in [7, 11) is 0. The largest absolute Gasteiger partial charge is 0.477 e. The number of nitrogens with one attached hydrogen (secondary N) is 1. The van der Waals surface area contributed by atoms with Crippen molar-refractivity contribution in [3.63, 3.8) is 0 Å². The van der Waals surface area contributed by atoms with Crippen LogP contribution in [0.3, 0.4) is 0 Å². The van der Waals surface area contributed by atoms with Crippen LogP contribution >= 0.6 is 0 Å². The van der Waals surface area contributed by atoms with Gasteiger partial charge in [-0.3, -0.25) is 4.79 Å². The zero-order valence-corrected chi connectivity index (χ0v) is 17.7. The Kier molecular flexibility index (Phi) is 6.32. The number of carbonyl (C=O) groups is 1. The molecule has 3 aromatic rings. The molecule has 0 unspecified atom stereocenters. The number of fused-ring (bicyclic) bond motifs is 1. The highest BCUT2D eigenvalue weighted by Crippen LogP contribution is 2.33. The zero-order valence-electron chi connectivity index (χ0n) is 17.7. The van der Waals surface area contributed by atoms with Gasteiger partial charge in [0, 0.05) is 29.8 Å². The third-order valence-corrected chi connectivity index (χ3v) is 5.38. The van der Waals surface area contributed by atoms with E-state index in [2.05, 4.69) is 5.32 Å². The molecule has 0 fully saturated rings. The highest BCUT2D eigenvalue weighted by molar-refractivity contribution is 5.93. The molecule has 3 N–H and O–H groups in total. The predicted molar refractivity (Wildman–Crippen MR) is 114 cm³/mol. The van der Waals surface area contributed by atoms with Crippen molar-refractivity contribution in [1.29, 1.82) is 0 Å². The van der Waals surface area contributed by atoms with Crippen molar-refractivity contribution >= 4 is 22.6 Å². The Morgan fingerprint density at radius 1 is 1.12 bits per heavy atom. The summed E-state index contributed by atoms with van der Waals surface area (Å²) in [5, 5.41) is 21.9. The number of anilines is 1. The van der Waals surface area contributed by atoms with Gasteiger partial charge in [0.05, 0.1) is 23.9 Å². The Hall–Kier alpha value is -3.33. The minimum absolute atomic E-state index is 0.0918. The molecule has 0 saturated heterocycles. The molecule has 6 nitrogen and oxygen atoms in total. The first-order valence-electron chi connectivity index (χ1n) is 9.85. The van der Waals surface area contributed by atoms with Crippen LogP contribution in [-0.2, 0) is 6.54 Å². The first-order valence-corrected chi connectivity index (χ1v) is 9.85. The zero-order chi connectivity index (χ0) is 23.8. The van der Waals surface area contributed by atoms with E-state index in [9.17, 15) is 33.0 Å². The van der Waals surface area contributed by atoms with E-state index in [0.717, 1.165) is 30.5 Å². The number of aromatic nitrogens is 1. The summed E-state index contributed by atoms with van der Waals surface area (Å²) in [5.41, 5.74) is -2.37. The average molecular weight is 448 g/mol. The molecule has 1 atom stereocenters. The first-order chi connectivity index (χ1) is 15.0. The van der Waals surface area contributed by atoms with Gasteiger partial charge < -0.3 is 20.1 Å². The molecule has 0 amide bonds. The second-order valence-corrected chi connectivity index (χ2v) is 8.55. The maximum Gasteiger partial charge on any atom is 0.341 e. The van der Waals surface area contributed by atoms with Crippen LogP contribution in [0.25, 0.3) is 10.9 Å². The summed E-state index contributed by atoms with van der Waals surface area (Å²) in [6.45, 7) is 4.66. The second-order valence-electron chi connectivity index (χ2n) is 8.55. The molecule has 32 heavy (non-hydrogen) atoms. The van der Waals surface area contributed by atoms with Crippen LogP contribution in [0, 0.1) is 22.9 Å². The van der Waals surface area contributed by atoms with Crippen LogP contribution < -0.4 is 10.7 Å². The third kappa shape index (κ3) is 4.34. The van der Waals surface area contributed by atoms with Gasteiger partial charge in [0.1, 0.15) is 23.0 Å². The molecule has 0 radical (unpaired) electrons. The first kappa shape index (κ1) is 23.3. The number of rotatable bonds is 6. The monoisotopic (exact) mass is 448 g/mol. The predicted octanol–water partition coefficient (Wildman–Crippen LogP) is 4.31. The molecular weight excluding hydrogens is 425 g/mol. The van der Waals surface area contributed by atoms with Crippen LogP contribution in [-0.4, -0.2) is 27.4 Å². The second kappa shape index (κ2) is 8.66. The maximum absolute atomic E-state index is 14.9. The summed E-state index contributed by atoms with van der Waals surface area (Å²) in [4.78, 5) is 24.5. The van der Waals surface area contributed by atoms with Crippen molar-refractivity contribution in [2.24, 2.45) is 5.41 Å². The number of halogens is 3. The molecule has 1 heterocycles. The van der Waals surface area contributed by atoms with Crippen molar-refractivity contribution in [2.45, 2.75) is 33.4 Å². The summed E-state index contributed by atoms with van der Waals surface area (Å²) >= 11 is 0. The van der Waals surface area contributed by atoms with E-state index in [-0.39, 0.29) is 28.8 Å². The SMILES string of the molecule is CC(C)(C)[C@@H](CO)n1cc(C(=O)O)c(=O)c2cc(NCc3c(F)cccc3F)c(F)cc21. The fourth-order valence-electron chi connectivity index (χ4n) is 3.58. The number of pyridine rings is 1. The normalized spacial score (nSPS) is 12.7. The Labute approximate surface area is 181 Å². The van der Waals surface area contributed by atoms with E-state index >= 15 is 0 Å². The van der Waals surface area contributed by atoms with Gasteiger partial charge >= 0.3 is 5.97 Å².